The van der Waals surface area contributed by atoms with Crippen molar-refractivity contribution in [1.82, 2.24) is 4.90 Å². The Labute approximate surface area is 121 Å². The number of nitrogens with zero attached hydrogens (tertiary/aromatic N) is 1. The molecule has 1 saturated heterocycles. The zero-order chi connectivity index (χ0) is 14.4. The van der Waals surface area contributed by atoms with Gasteiger partial charge in [0.1, 0.15) is 0 Å². The van der Waals surface area contributed by atoms with Crippen LogP contribution in [0.15, 0.2) is 0 Å². The Balaban J connectivity index is 1.80. The van der Waals surface area contributed by atoms with E-state index in [1.165, 1.54) is 0 Å². The van der Waals surface area contributed by atoms with Gasteiger partial charge in [-0.3, -0.25) is 4.79 Å². The fourth-order valence-electron chi connectivity index (χ4n) is 5.15. The molecule has 2 aliphatic carbocycles. The standard InChI is InChI=1S/C16H28N2O2/c1-12-9-15(5-4-6-16(20,10-12)11-15)13(17)14(19)18-7-2-3-8-18/h12-13,20H,2-11,17H2,1H3/t12?,13-,15?,16?/m1/s1. The second kappa shape index (κ2) is 4.99. The monoisotopic (exact) mass is 280 g/mol. The van der Waals surface area contributed by atoms with E-state index in [2.05, 4.69) is 6.92 Å². The third-order valence-electron chi connectivity index (χ3n) is 5.82. The Morgan fingerprint density at radius 3 is 2.65 bits per heavy atom. The van der Waals surface area contributed by atoms with Gasteiger partial charge in [-0.1, -0.05) is 6.92 Å². The Morgan fingerprint density at radius 1 is 1.25 bits per heavy atom. The van der Waals surface area contributed by atoms with Gasteiger partial charge < -0.3 is 15.7 Å². The molecule has 3 aliphatic rings. The average molecular weight is 280 g/mol. The highest BCUT2D eigenvalue weighted by atomic mass is 16.3. The maximum atomic E-state index is 12.7. The average Bonchev–Trinajstić information content (AvgIpc) is 2.88. The molecule has 0 aromatic carbocycles. The Kier molecular flexibility index (Phi) is 3.57. The van der Waals surface area contributed by atoms with Gasteiger partial charge in [0.25, 0.3) is 0 Å². The number of carbonyl (C=O) groups excluding carboxylic acids is 1. The lowest BCUT2D eigenvalue weighted by molar-refractivity contribution is -0.146. The lowest BCUT2D eigenvalue weighted by Gasteiger charge is -2.54. The van der Waals surface area contributed by atoms with Crippen LogP contribution in [-0.2, 0) is 4.79 Å². The molecular formula is C16H28N2O2. The molecule has 3 unspecified atom stereocenters. The van der Waals surface area contributed by atoms with Crippen LogP contribution >= 0.6 is 0 Å². The lowest BCUT2D eigenvalue weighted by Crippen LogP contribution is -2.60. The van der Waals surface area contributed by atoms with E-state index in [0.717, 1.165) is 64.5 Å². The summed E-state index contributed by atoms with van der Waals surface area (Å²) in [5.41, 5.74) is 5.70. The molecule has 4 heteroatoms. The summed E-state index contributed by atoms with van der Waals surface area (Å²) in [7, 11) is 0. The molecule has 4 nitrogen and oxygen atoms in total. The maximum absolute atomic E-state index is 12.7. The first-order valence-corrected chi connectivity index (χ1v) is 8.21. The van der Waals surface area contributed by atoms with Gasteiger partial charge in [-0.2, -0.15) is 0 Å². The maximum Gasteiger partial charge on any atom is 0.240 e. The van der Waals surface area contributed by atoms with Crippen LogP contribution in [0.2, 0.25) is 0 Å². The van der Waals surface area contributed by atoms with Gasteiger partial charge >= 0.3 is 0 Å². The number of amides is 1. The van der Waals surface area contributed by atoms with Crippen LogP contribution in [0.1, 0.15) is 58.3 Å². The van der Waals surface area contributed by atoms with Gasteiger partial charge in [-0.25, -0.2) is 0 Å². The number of nitrogens with two attached hydrogens (primary N) is 1. The van der Waals surface area contributed by atoms with Gasteiger partial charge in [0.15, 0.2) is 0 Å². The summed E-state index contributed by atoms with van der Waals surface area (Å²) < 4.78 is 0. The smallest absolute Gasteiger partial charge is 0.240 e. The number of aliphatic hydroxyl groups is 1. The van der Waals surface area contributed by atoms with Gasteiger partial charge in [-0.05, 0) is 62.7 Å². The van der Waals surface area contributed by atoms with E-state index in [4.69, 9.17) is 5.73 Å². The molecule has 4 atom stereocenters. The molecule has 20 heavy (non-hydrogen) atoms. The number of likely N-dealkylation sites (tertiary alicyclic amines) is 1. The minimum Gasteiger partial charge on any atom is -0.390 e. The number of hydrogen-bond donors (Lipinski definition) is 2. The van der Waals surface area contributed by atoms with Crippen molar-refractivity contribution < 1.29 is 9.90 Å². The fraction of sp³-hybridized carbons (Fsp3) is 0.938. The third kappa shape index (κ3) is 2.37. The largest absolute Gasteiger partial charge is 0.390 e. The van der Waals surface area contributed by atoms with Crippen LogP contribution in [0.5, 0.6) is 0 Å². The van der Waals surface area contributed by atoms with Crippen molar-refractivity contribution in [2.45, 2.75) is 69.9 Å². The minimum atomic E-state index is -0.571. The van der Waals surface area contributed by atoms with Crippen molar-refractivity contribution in [2.75, 3.05) is 13.1 Å². The second-order valence-electron chi connectivity index (χ2n) is 7.64. The van der Waals surface area contributed by atoms with E-state index in [9.17, 15) is 9.90 Å². The lowest BCUT2D eigenvalue weighted by atomic mass is 9.54. The van der Waals surface area contributed by atoms with E-state index in [0.29, 0.717) is 5.92 Å². The molecule has 3 rings (SSSR count). The predicted octanol–water partition coefficient (Wildman–Crippen LogP) is 1.66. The Hall–Kier alpha value is -0.610. The topological polar surface area (TPSA) is 66.6 Å². The van der Waals surface area contributed by atoms with Crippen LogP contribution in [0.4, 0.5) is 0 Å². The van der Waals surface area contributed by atoms with Crippen LogP contribution in [-0.4, -0.2) is 40.6 Å². The summed E-state index contributed by atoms with van der Waals surface area (Å²) in [6, 6.07) is -0.421. The molecule has 114 valence electrons. The quantitative estimate of drug-likeness (QED) is 0.808. The molecule has 1 amide bonds. The first-order valence-electron chi connectivity index (χ1n) is 8.21. The van der Waals surface area contributed by atoms with Gasteiger partial charge in [-0.15, -0.1) is 0 Å². The molecule has 3 N–H and O–H groups in total. The molecule has 1 heterocycles. The summed E-state index contributed by atoms with van der Waals surface area (Å²) >= 11 is 0. The summed E-state index contributed by atoms with van der Waals surface area (Å²) in [5.74, 6) is 0.590. The van der Waals surface area contributed by atoms with Crippen molar-refractivity contribution >= 4 is 5.91 Å². The van der Waals surface area contributed by atoms with Gasteiger partial charge in [0, 0.05) is 13.1 Å². The zero-order valence-corrected chi connectivity index (χ0v) is 12.6. The number of hydrogen-bond acceptors (Lipinski definition) is 3. The van der Waals surface area contributed by atoms with Crippen molar-refractivity contribution in [1.29, 1.82) is 0 Å². The molecule has 0 aromatic rings. The van der Waals surface area contributed by atoms with Crippen LogP contribution in [0.3, 0.4) is 0 Å². The molecule has 0 aromatic heterocycles. The van der Waals surface area contributed by atoms with Crippen molar-refractivity contribution in [3.8, 4) is 0 Å². The van der Waals surface area contributed by atoms with Crippen LogP contribution in [0.25, 0.3) is 0 Å². The Morgan fingerprint density at radius 2 is 1.95 bits per heavy atom. The van der Waals surface area contributed by atoms with E-state index in [1.54, 1.807) is 0 Å². The first kappa shape index (κ1) is 14.3. The molecule has 3 fully saturated rings. The second-order valence-corrected chi connectivity index (χ2v) is 7.64. The highest BCUT2D eigenvalue weighted by molar-refractivity contribution is 5.83. The van der Waals surface area contributed by atoms with E-state index < -0.39 is 11.6 Å². The minimum absolute atomic E-state index is 0.126. The van der Waals surface area contributed by atoms with Crippen LogP contribution in [0, 0.1) is 11.3 Å². The molecule has 1 aliphatic heterocycles. The highest BCUT2D eigenvalue weighted by Gasteiger charge is 2.54. The number of fused-ring (bicyclic) bond motifs is 2. The SMILES string of the molecule is CC1CC2(O)CCCC([C@H](N)C(=O)N3CCCC3)(C1)C2. The number of rotatable bonds is 2. The van der Waals surface area contributed by atoms with Crippen molar-refractivity contribution in [3.63, 3.8) is 0 Å². The predicted molar refractivity (Wildman–Crippen MR) is 78.0 cm³/mol. The molecule has 2 saturated carbocycles. The highest BCUT2D eigenvalue weighted by Crippen LogP contribution is 2.54. The molecular weight excluding hydrogens is 252 g/mol. The Bertz CT molecular complexity index is 394. The van der Waals surface area contributed by atoms with E-state index in [-0.39, 0.29) is 11.3 Å². The van der Waals surface area contributed by atoms with Gasteiger partial charge in [0.2, 0.25) is 5.91 Å². The van der Waals surface area contributed by atoms with E-state index in [1.807, 2.05) is 4.90 Å². The zero-order valence-electron chi connectivity index (χ0n) is 12.6. The van der Waals surface area contributed by atoms with Crippen molar-refractivity contribution in [3.05, 3.63) is 0 Å². The molecule has 0 spiro atoms. The summed E-state index contributed by atoms with van der Waals surface area (Å²) in [5, 5.41) is 10.8. The molecule has 2 bridgehead atoms. The number of carbonyl (C=O) groups is 1. The normalized spacial score (nSPS) is 42.5. The summed E-state index contributed by atoms with van der Waals surface area (Å²) in [6.45, 7) is 3.92. The van der Waals surface area contributed by atoms with E-state index >= 15 is 0 Å². The first-order chi connectivity index (χ1) is 9.44. The van der Waals surface area contributed by atoms with Gasteiger partial charge in [0.05, 0.1) is 11.6 Å². The van der Waals surface area contributed by atoms with Crippen LogP contribution < -0.4 is 5.73 Å². The van der Waals surface area contributed by atoms with Crippen molar-refractivity contribution in [2.24, 2.45) is 17.1 Å². The summed E-state index contributed by atoms with van der Waals surface area (Å²) in [4.78, 5) is 14.6. The third-order valence-corrected chi connectivity index (χ3v) is 5.82. The molecule has 0 radical (unpaired) electrons. The fourth-order valence-corrected chi connectivity index (χ4v) is 5.15. The summed E-state index contributed by atoms with van der Waals surface area (Å²) in [6.07, 6.45) is 7.69.